The van der Waals surface area contributed by atoms with Gasteiger partial charge in [0.05, 0.1) is 22.4 Å². The Labute approximate surface area is 411 Å². The zero-order valence-corrected chi connectivity index (χ0v) is 38.7. The highest BCUT2D eigenvalue weighted by atomic mass is 16.3. The molecule has 332 valence electrons. The number of fused-ring (bicyclic) bond motifs is 9. The third-order valence-corrected chi connectivity index (χ3v) is 14.4. The monoisotopic (exact) mass is 904 g/mol. The van der Waals surface area contributed by atoms with Crippen molar-refractivity contribution in [3.05, 3.63) is 267 Å². The Kier molecular flexibility index (Phi) is 9.53. The van der Waals surface area contributed by atoms with E-state index < -0.39 is 0 Å². The minimum Gasteiger partial charge on any atom is -0.455 e. The van der Waals surface area contributed by atoms with Crippen LogP contribution >= 0.6 is 0 Å². The lowest BCUT2D eigenvalue weighted by Crippen LogP contribution is -2.11. The van der Waals surface area contributed by atoms with Crippen molar-refractivity contribution in [3.63, 3.8) is 0 Å². The van der Waals surface area contributed by atoms with Gasteiger partial charge in [-0.15, -0.1) is 0 Å². The number of rotatable bonds is 8. The van der Waals surface area contributed by atoms with Crippen LogP contribution in [0.25, 0.3) is 115 Å². The Balaban J connectivity index is 0.892. The van der Waals surface area contributed by atoms with Gasteiger partial charge in [-0.05, 0) is 116 Å². The van der Waals surface area contributed by atoms with Crippen LogP contribution in [0.15, 0.2) is 271 Å². The van der Waals surface area contributed by atoms with Gasteiger partial charge in [-0.2, -0.15) is 0 Å². The van der Waals surface area contributed by atoms with Crippen molar-refractivity contribution in [2.45, 2.75) is 0 Å². The molecule has 2 heterocycles. The van der Waals surface area contributed by atoms with Crippen molar-refractivity contribution in [1.29, 1.82) is 0 Å². The van der Waals surface area contributed by atoms with Crippen molar-refractivity contribution in [3.8, 4) is 50.2 Å². The Bertz CT molecular complexity index is 4310. The number of benzene rings is 12. The fourth-order valence-corrected chi connectivity index (χ4v) is 11.1. The highest BCUT2D eigenvalue weighted by Crippen LogP contribution is 2.45. The van der Waals surface area contributed by atoms with Crippen LogP contribution in [-0.4, -0.2) is 4.57 Å². The highest BCUT2D eigenvalue weighted by Gasteiger charge is 2.21. The molecule has 0 saturated carbocycles. The van der Waals surface area contributed by atoms with E-state index in [2.05, 4.69) is 270 Å². The molecule has 0 bridgehead atoms. The normalized spacial score (nSPS) is 11.7. The molecule has 14 aromatic rings. The van der Waals surface area contributed by atoms with Gasteiger partial charge in [0.2, 0.25) is 0 Å². The van der Waals surface area contributed by atoms with Crippen LogP contribution in [0.2, 0.25) is 0 Å². The first-order valence-electron chi connectivity index (χ1n) is 24.3. The zero-order chi connectivity index (χ0) is 46.8. The first kappa shape index (κ1) is 40.6. The van der Waals surface area contributed by atoms with Crippen LogP contribution in [0.4, 0.5) is 17.1 Å². The minimum absolute atomic E-state index is 0.892. The molecule has 0 N–H and O–H groups in total. The summed E-state index contributed by atoms with van der Waals surface area (Å²) in [5.74, 6) is 0. The van der Waals surface area contributed by atoms with Gasteiger partial charge in [-0.25, -0.2) is 0 Å². The van der Waals surface area contributed by atoms with Crippen LogP contribution in [0.3, 0.4) is 0 Å². The maximum absolute atomic E-state index is 6.58. The summed E-state index contributed by atoms with van der Waals surface area (Å²) < 4.78 is 9.00. The standard InChI is InChI=1S/C68H44N2O/c1-2-21-54-46(16-1)34-35-50-43-51(38-41-55(50)54)57-23-3-8-29-63(57)69(53-20-14-19-49(44-53)58-27-15-28-62-61-26-7-12-33-67(61)71-68(58)62)52-39-36-45(37-40-52)47-17-13-18-48(42-47)56-22-4-9-30-64(56)70-65-31-10-5-24-59(65)60-25-6-11-32-66(60)70/h1-44H. The van der Waals surface area contributed by atoms with Crippen LogP contribution in [0, 0.1) is 0 Å². The third kappa shape index (κ3) is 6.82. The predicted molar refractivity (Wildman–Crippen MR) is 299 cm³/mol. The number of hydrogen-bond acceptors (Lipinski definition) is 2. The fourth-order valence-electron chi connectivity index (χ4n) is 11.1. The van der Waals surface area contributed by atoms with Crippen molar-refractivity contribution >= 4 is 82.4 Å². The van der Waals surface area contributed by atoms with Gasteiger partial charge < -0.3 is 13.9 Å². The molecule has 12 aromatic carbocycles. The van der Waals surface area contributed by atoms with Crippen molar-refractivity contribution in [2.75, 3.05) is 4.90 Å². The maximum atomic E-state index is 6.58. The van der Waals surface area contributed by atoms with E-state index in [0.29, 0.717) is 0 Å². The molecule has 71 heavy (non-hydrogen) atoms. The summed E-state index contributed by atoms with van der Waals surface area (Å²) in [7, 11) is 0. The predicted octanol–water partition coefficient (Wildman–Crippen LogP) is 19.1. The number of anilines is 3. The quantitative estimate of drug-likeness (QED) is 0.142. The maximum Gasteiger partial charge on any atom is 0.143 e. The molecule has 0 fully saturated rings. The van der Waals surface area contributed by atoms with Crippen LogP contribution < -0.4 is 4.90 Å². The summed E-state index contributed by atoms with van der Waals surface area (Å²) in [6.45, 7) is 0. The van der Waals surface area contributed by atoms with Crippen LogP contribution in [-0.2, 0) is 0 Å². The van der Waals surface area contributed by atoms with E-state index in [1.54, 1.807) is 0 Å². The number of furan rings is 1. The molecule has 14 rings (SSSR count). The van der Waals surface area contributed by atoms with Gasteiger partial charge in [0.15, 0.2) is 0 Å². The van der Waals surface area contributed by atoms with E-state index in [1.807, 2.05) is 6.07 Å². The lowest BCUT2D eigenvalue weighted by atomic mass is 9.95. The molecule has 0 atom stereocenters. The molecule has 0 unspecified atom stereocenters. The molecular weight excluding hydrogens is 861 g/mol. The zero-order valence-electron chi connectivity index (χ0n) is 38.7. The highest BCUT2D eigenvalue weighted by molar-refractivity contribution is 6.12. The number of nitrogens with zero attached hydrogens (tertiary/aromatic N) is 2. The minimum atomic E-state index is 0.892. The van der Waals surface area contributed by atoms with E-state index in [4.69, 9.17) is 4.42 Å². The largest absolute Gasteiger partial charge is 0.455 e. The molecular formula is C68H44N2O. The molecule has 3 heteroatoms. The van der Waals surface area contributed by atoms with Crippen molar-refractivity contribution in [2.24, 2.45) is 0 Å². The molecule has 2 aromatic heterocycles. The second kappa shape index (κ2) is 16.7. The fraction of sp³-hybridized carbons (Fsp3) is 0. The second-order valence-corrected chi connectivity index (χ2v) is 18.4. The summed E-state index contributed by atoms with van der Waals surface area (Å²) in [5, 5.41) is 9.73. The second-order valence-electron chi connectivity index (χ2n) is 18.4. The molecule has 0 aliphatic rings. The molecule has 0 aliphatic heterocycles. The van der Waals surface area contributed by atoms with Crippen LogP contribution in [0.5, 0.6) is 0 Å². The number of aromatic nitrogens is 1. The van der Waals surface area contributed by atoms with E-state index in [1.165, 1.54) is 54.5 Å². The molecule has 0 aliphatic carbocycles. The van der Waals surface area contributed by atoms with Crippen LogP contribution in [0.1, 0.15) is 0 Å². The Morgan fingerprint density at radius 2 is 0.859 bits per heavy atom. The average molecular weight is 905 g/mol. The van der Waals surface area contributed by atoms with Crippen molar-refractivity contribution < 1.29 is 4.42 Å². The Morgan fingerprint density at radius 1 is 0.296 bits per heavy atom. The molecule has 3 nitrogen and oxygen atoms in total. The molecule has 0 saturated heterocycles. The van der Waals surface area contributed by atoms with Gasteiger partial charge in [0.1, 0.15) is 11.2 Å². The smallest absolute Gasteiger partial charge is 0.143 e. The van der Waals surface area contributed by atoms with E-state index in [-0.39, 0.29) is 0 Å². The van der Waals surface area contributed by atoms with Gasteiger partial charge >= 0.3 is 0 Å². The summed E-state index contributed by atoms with van der Waals surface area (Å²) in [5.41, 5.74) is 17.6. The Morgan fingerprint density at radius 3 is 1.69 bits per heavy atom. The van der Waals surface area contributed by atoms with E-state index in [0.717, 1.165) is 78.1 Å². The molecule has 0 amide bonds. The molecule has 0 radical (unpaired) electrons. The van der Waals surface area contributed by atoms with Gasteiger partial charge in [-0.3, -0.25) is 0 Å². The number of para-hydroxylation sites is 6. The van der Waals surface area contributed by atoms with Gasteiger partial charge in [0, 0.05) is 49.6 Å². The lowest BCUT2D eigenvalue weighted by molar-refractivity contribution is 0.670. The van der Waals surface area contributed by atoms with E-state index in [9.17, 15) is 0 Å². The number of hydrogen-bond donors (Lipinski definition) is 0. The van der Waals surface area contributed by atoms with Gasteiger partial charge in [0.25, 0.3) is 0 Å². The molecule has 0 spiro atoms. The summed E-state index contributed by atoms with van der Waals surface area (Å²) in [6.07, 6.45) is 0. The summed E-state index contributed by atoms with van der Waals surface area (Å²) in [6, 6.07) is 96.7. The Hall–Kier alpha value is -9.44. The topological polar surface area (TPSA) is 21.3 Å². The average Bonchev–Trinajstić information content (AvgIpc) is 3.99. The van der Waals surface area contributed by atoms with Gasteiger partial charge in [-0.1, -0.05) is 200 Å². The SMILES string of the molecule is c1cc(-c2ccc(N(c3cccc(-c4cccc5c4oc4ccccc45)c3)c3ccccc3-c3ccc4c(ccc5ccccc54)c3)cc2)cc(-c2ccccc2-n2c3ccccc3c3ccccc32)c1. The lowest BCUT2D eigenvalue weighted by Gasteiger charge is -2.28. The third-order valence-electron chi connectivity index (χ3n) is 14.4. The van der Waals surface area contributed by atoms with Crippen molar-refractivity contribution in [1.82, 2.24) is 4.57 Å². The summed E-state index contributed by atoms with van der Waals surface area (Å²) >= 11 is 0. The first-order valence-corrected chi connectivity index (χ1v) is 24.3. The first-order chi connectivity index (χ1) is 35.2. The summed E-state index contributed by atoms with van der Waals surface area (Å²) in [4.78, 5) is 2.41. The van der Waals surface area contributed by atoms with E-state index >= 15 is 0 Å².